The third-order valence-electron chi connectivity index (χ3n) is 5.99. The van der Waals surface area contributed by atoms with Crippen LogP contribution in [0.2, 0.25) is 0 Å². The summed E-state index contributed by atoms with van der Waals surface area (Å²) in [4.78, 5) is 0. The molecule has 0 saturated carbocycles. The molecule has 30 heavy (non-hydrogen) atoms. The molecule has 0 aliphatic carbocycles. The minimum atomic E-state index is -4.27. The van der Waals surface area contributed by atoms with Gasteiger partial charge in [0, 0.05) is 5.25 Å². The van der Waals surface area contributed by atoms with Crippen molar-refractivity contribution in [3.8, 4) is 0 Å². The molecular formula is C24H49KO4S. The van der Waals surface area contributed by atoms with E-state index in [4.69, 9.17) is 0 Å². The number of unbranched alkanes of at least 4 members (excludes halogenated alkanes) is 17. The van der Waals surface area contributed by atoms with E-state index >= 15 is 0 Å². The predicted molar refractivity (Wildman–Crippen MR) is 123 cm³/mol. The first-order valence-electron chi connectivity index (χ1n) is 12.5. The van der Waals surface area contributed by atoms with Crippen LogP contribution in [0.5, 0.6) is 0 Å². The molecule has 0 spiro atoms. The number of aliphatic hydroxyl groups is 1. The van der Waals surface area contributed by atoms with Crippen molar-refractivity contribution in [2.45, 2.75) is 154 Å². The molecular weight excluding hydrogens is 423 g/mol. The molecule has 0 aliphatic heterocycles. The van der Waals surface area contributed by atoms with Gasteiger partial charge in [-0.05, 0) is 19.8 Å². The van der Waals surface area contributed by atoms with E-state index in [1.807, 2.05) is 0 Å². The molecule has 2 atom stereocenters. The van der Waals surface area contributed by atoms with E-state index in [2.05, 4.69) is 6.92 Å². The summed E-state index contributed by atoms with van der Waals surface area (Å²) >= 11 is 0. The van der Waals surface area contributed by atoms with Crippen LogP contribution < -0.4 is 51.4 Å². The molecule has 0 rings (SSSR count). The average molecular weight is 473 g/mol. The average Bonchev–Trinajstić information content (AvgIpc) is 2.66. The summed E-state index contributed by atoms with van der Waals surface area (Å²) in [5.74, 6) is 0. The molecule has 2 unspecified atom stereocenters. The van der Waals surface area contributed by atoms with Crippen LogP contribution in [0.25, 0.3) is 0 Å². The van der Waals surface area contributed by atoms with Gasteiger partial charge in [-0.25, -0.2) is 8.42 Å². The summed E-state index contributed by atoms with van der Waals surface area (Å²) in [6.07, 6.45) is 23.9. The van der Waals surface area contributed by atoms with Gasteiger partial charge in [0.15, 0.2) is 0 Å². The number of aliphatic hydroxyl groups excluding tert-OH is 1. The molecule has 0 aliphatic rings. The Morgan fingerprint density at radius 3 is 1.27 bits per heavy atom. The largest absolute Gasteiger partial charge is 1.00 e. The first-order chi connectivity index (χ1) is 13.9. The van der Waals surface area contributed by atoms with Gasteiger partial charge in [0.25, 0.3) is 0 Å². The van der Waals surface area contributed by atoms with Crippen LogP contribution in [0.3, 0.4) is 0 Å². The SMILES string of the molecule is CCCCCCCCCCCCCCCCCCCCC(O)CC(C)S(=O)(=O)[O-].[K+]. The first-order valence-corrected chi connectivity index (χ1v) is 14.0. The van der Waals surface area contributed by atoms with Gasteiger partial charge in [-0.1, -0.05) is 122 Å². The monoisotopic (exact) mass is 472 g/mol. The van der Waals surface area contributed by atoms with Crippen molar-refractivity contribution in [2.24, 2.45) is 0 Å². The molecule has 0 fully saturated rings. The predicted octanol–water partition coefficient (Wildman–Crippen LogP) is 4.11. The van der Waals surface area contributed by atoms with Crippen molar-refractivity contribution < 1.29 is 69.5 Å². The third kappa shape index (κ3) is 24.2. The summed E-state index contributed by atoms with van der Waals surface area (Å²) in [6, 6.07) is 0. The fraction of sp³-hybridized carbons (Fsp3) is 1.00. The first kappa shape index (κ1) is 33.7. The number of rotatable bonds is 22. The van der Waals surface area contributed by atoms with Crippen LogP contribution in [0.1, 0.15) is 142 Å². The summed E-state index contributed by atoms with van der Waals surface area (Å²) in [7, 11) is -4.27. The fourth-order valence-electron chi connectivity index (χ4n) is 3.90. The van der Waals surface area contributed by atoms with E-state index in [1.165, 1.54) is 110 Å². The van der Waals surface area contributed by atoms with Crippen LogP contribution in [-0.4, -0.2) is 29.4 Å². The number of hydrogen-bond donors (Lipinski definition) is 1. The van der Waals surface area contributed by atoms with E-state index < -0.39 is 21.5 Å². The van der Waals surface area contributed by atoms with Crippen molar-refractivity contribution in [3.63, 3.8) is 0 Å². The maximum atomic E-state index is 10.8. The van der Waals surface area contributed by atoms with Gasteiger partial charge < -0.3 is 9.66 Å². The van der Waals surface area contributed by atoms with Crippen LogP contribution in [0.15, 0.2) is 0 Å². The summed E-state index contributed by atoms with van der Waals surface area (Å²) in [5, 5.41) is 8.82. The van der Waals surface area contributed by atoms with Gasteiger partial charge in [0.05, 0.1) is 16.2 Å². The molecule has 176 valence electrons. The Morgan fingerprint density at radius 1 is 0.667 bits per heavy atom. The Morgan fingerprint density at radius 2 is 0.967 bits per heavy atom. The Hall–Kier alpha value is 1.51. The van der Waals surface area contributed by atoms with E-state index in [-0.39, 0.29) is 57.8 Å². The molecule has 0 radical (unpaired) electrons. The normalized spacial score (nSPS) is 13.7. The van der Waals surface area contributed by atoms with Crippen LogP contribution in [0.4, 0.5) is 0 Å². The zero-order valence-electron chi connectivity index (χ0n) is 20.4. The summed E-state index contributed by atoms with van der Waals surface area (Å²) < 4.78 is 32.5. The zero-order chi connectivity index (χ0) is 21.8. The molecule has 6 heteroatoms. The minimum Gasteiger partial charge on any atom is -0.748 e. The molecule has 0 aromatic heterocycles. The molecule has 0 amide bonds. The van der Waals surface area contributed by atoms with Crippen molar-refractivity contribution >= 4 is 10.1 Å². The second kappa shape index (κ2) is 23.7. The van der Waals surface area contributed by atoms with E-state index in [9.17, 15) is 18.1 Å². The fourth-order valence-corrected chi connectivity index (χ4v) is 4.36. The van der Waals surface area contributed by atoms with E-state index in [1.54, 1.807) is 0 Å². The third-order valence-corrected chi connectivity index (χ3v) is 7.17. The summed E-state index contributed by atoms with van der Waals surface area (Å²) in [6.45, 7) is 3.65. The second-order valence-corrected chi connectivity index (χ2v) is 10.8. The smallest absolute Gasteiger partial charge is 0.748 e. The van der Waals surface area contributed by atoms with Crippen LogP contribution in [0, 0.1) is 0 Å². The Bertz CT molecular complexity index is 442. The van der Waals surface area contributed by atoms with E-state index in [0.29, 0.717) is 6.42 Å². The Kier molecular flexibility index (Phi) is 26.6. The Labute approximate surface area is 230 Å². The standard InChI is InChI=1S/C24H50O4S.K/c1-3-4-5-6-7-8-9-10-11-12-13-14-15-16-17-18-19-20-21-24(25)22-23(2)29(26,27)28;/h23-25H,3-22H2,1-2H3,(H,26,27,28);/q;+1/p-1. The van der Waals surface area contributed by atoms with Gasteiger partial charge in [0.2, 0.25) is 0 Å². The van der Waals surface area contributed by atoms with Gasteiger partial charge in [-0.2, -0.15) is 0 Å². The van der Waals surface area contributed by atoms with Crippen molar-refractivity contribution in [1.82, 2.24) is 0 Å². The minimum absolute atomic E-state index is 0. The van der Waals surface area contributed by atoms with Crippen molar-refractivity contribution in [3.05, 3.63) is 0 Å². The van der Waals surface area contributed by atoms with Gasteiger partial charge in [0.1, 0.15) is 0 Å². The summed E-state index contributed by atoms with van der Waals surface area (Å²) in [5.41, 5.74) is 0. The molecule has 4 nitrogen and oxygen atoms in total. The van der Waals surface area contributed by atoms with E-state index in [0.717, 1.165) is 12.8 Å². The van der Waals surface area contributed by atoms with Crippen molar-refractivity contribution in [1.29, 1.82) is 0 Å². The quantitative estimate of drug-likeness (QED) is 0.146. The van der Waals surface area contributed by atoms with Gasteiger partial charge >= 0.3 is 51.4 Å². The van der Waals surface area contributed by atoms with Gasteiger partial charge in [-0.15, -0.1) is 0 Å². The molecule has 0 heterocycles. The van der Waals surface area contributed by atoms with Gasteiger partial charge in [-0.3, -0.25) is 0 Å². The molecule has 0 aromatic carbocycles. The molecule has 0 bridgehead atoms. The zero-order valence-corrected chi connectivity index (χ0v) is 24.3. The van der Waals surface area contributed by atoms with Crippen LogP contribution >= 0.6 is 0 Å². The van der Waals surface area contributed by atoms with Crippen LogP contribution in [-0.2, 0) is 10.1 Å². The topological polar surface area (TPSA) is 77.4 Å². The molecule has 1 N–H and O–H groups in total. The molecule has 0 aromatic rings. The Balaban J connectivity index is 0. The second-order valence-electron chi connectivity index (χ2n) is 8.99. The van der Waals surface area contributed by atoms with Crippen molar-refractivity contribution in [2.75, 3.05) is 0 Å². The maximum Gasteiger partial charge on any atom is 1.00 e. The molecule has 0 saturated heterocycles. The maximum absolute atomic E-state index is 10.8. The number of hydrogen-bond acceptors (Lipinski definition) is 4.